The molecule has 0 unspecified atom stereocenters. The van der Waals surface area contributed by atoms with Gasteiger partial charge in [0.25, 0.3) is 0 Å². The average Bonchev–Trinajstić information content (AvgIpc) is 2.90. The van der Waals surface area contributed by atoms with Gasteiger partial charge in [-0.15, -0.1) is 0 Å². The molecule has 0 atom stereocenters. The molecule has 0 aromatic heterocycles. The number of hydrogen-bond acceptors (Lipinski definition) is 2. The van der Waals surface area contributed by atoms with Crippen molar-refractivity contribution < 1.29 is 4.74 Å². The van der Waals surface area contributed by atoms with Gasteiger partial charge in [-0.2, -0.15) is 0 Å². The van der Waals surface area contributed by atoms with Gasteiger partial charge in [0.05, 0.1) is 6.61 Å². The van der Waals surface area contributed by atoms with Crippen molar-refractivity contribution in [2.24, 2.45) is 16.6 Å². The third-order valence-electron chi connectivity index (χ3n) is 5.49. The molecule has 1 aromatic carbocycles. The smallest absolute Gasteiger partial charge is 0.125 e. The summed E-state index contributed by atoms with van der Waals surface area (Å²) in [4.78, 5) is 0. The zero-order valence-electron chi connectivity index (χ0n) is 13.2. The molecule has 1 aliphatic heterocycles. The Balaban J connectivity index is 1.85. The Bertz CT molecular complexity index is 528. The lowest BCUT2D eigenvalue weighted by Gasteiger charge is -2.43. The van der Waals surface area contributed by atoms with E-state index in [9.17, 15) is 0 Å². The number of hydrogen-bond donors (Lipinski definition) is 1. The molecule has 0 radical (unpaired) electrons. The van der Waals surface area contributed by atoms with Gasteiger partial charge in [0.15, 0.2) is 0 Å². The molecule has 3 heteroatoms. The van der Waals surface area contributed by atoms with Crippen LogP contribution in [0.25, 0.3) is 0 Å². The molecule has 0 amide bonds. The summed E-state index contributed by atoms with van der Waals surface area (Å²) in [7, 11) is 0. The monoisotopic (exact) mass is 307 g/mol. The summed E-state index contributed by atoms with van der Waals surface area (Å²) < 4.78 is 5.86. The predicted octanol–water partition coefficient (Wildman–Crippen LogP) is 4.36. The van der Waals surface area contributed by atoms with Crippen molar-refractivity contribution in [3.8, 4) is 5.75 Å². The first-order chi connectivity index (χ1) is 9.93. The average molecular weight is 308 g/mol. The van der Waals surface area contributed by atoms with Crippen LogP contribution in [0.15, 0.2) is 12.1 Å². The van der Waals surface area contributed by atoms with Crippen molar-refractivity contribution in [1.29, 1.82) is 0 Å². The van der Waals surface area contributed by atoms with Gasteiger partial charge in [0.2, 0.25) is 0 Å². The zero-order chi connectivity index (χ0) is 15.1. The van der Waals surface area contributed by atoms with Gasteiger partial charge in [0.1, 0.15) is 5.75 Å². The number of ether oxygens (including phenoxy) is 1. The van der Waals surface area contributed by atoms with E-state index in [0.717, 1.165) is 36.8 Å². The molecule has 3 rings (SSSR count). The second-order valence-electron chi connectivity index (χ2n) is 7.70. The number of benzene rings is 1. The van der Waals surface area contributed by atoms with Crippen molar-refractivity contribution in [2.45, 2.75) is 52.4 Å². The Hall–Kier alpha value is -0.730. The topological polar surface area (TPSA) is 35.2 Å². The minimum atomic E-state index is 0.222. The van der Waals surface area contributed by atoms with Crippen molar-refractivity contribution in [2.75, 3.05) is 13.2 Å². The Kier molecular flexibility index (Phi) is 3.96. The first-order valence-corrected chi connectivity index (χ1v) is 8.45. The minimum absolute atomic E-state index is 0.222. The summed E-state index contributed by atoms with van der Waals surface area (Å²) in [5.41, 5.74) is 9.40. The molecule has 2 nitrogen and oxygen atoms in total. The van der Waals surface area contributed by atoms with E-state index in [1.54, 1.807) is 0 Å². The largest absolute Gasteiger partial charge is 0.493 e. The SMILES string of the molecule is CC1(C)CCC(CN)(Cc2cc(Cl)cc3c2OCC3)CC1. The van der Waals surface area contributed by atoms with Gasteiger partial charge in [-0.25, -0.2) is 0 Å². The fourth-order valence-corrected chi connectivity index (χ4v) is 4.05. The molecule has 116 valence electrons. The van der Waals surface area contributed by atoms with Crippen molar-refractivity contribution >= 4 is 11.6 Å². The third kappa shape index (κ3) is 3.07. The Labute approximate surface area is 133 Å². The van der Waals surface area contributed by atoms with Crippen LogP contribution in [0.5, 0.6) is 5.75 Å². The molecule has 1 aromatic rings. The Morgan fingerprint density at radius 3 is 2.57 bits per heavy atom. The second kappa shape index (κ2) is 5.48. The van der Waals surface area contributed by atoms with Gasteiger partial charge in [0, 0.05) is 11.4 Å². The molecular weight excluding hydrogens is 282 g/mol. The van der Waals surface area contributed by atoms with Crippen LogP contribution < -0.4 is 10.5 Å². The minimum Gasteiger partial charge on any atom is -0.493 e. The predicted molar refractivity (Wildman–Crippen MR) is 88.1 cm³/mol. The Morgan fingerprint density at radius 1 is 1.19 bits per heavy atom. The molecule has 2 N–H and O–H groups in total. The lowest BCUT2D eigenvalue weighted by molar-refractivity contribution is 0.107. The highest BCUT2D eigenvalue weighted by Crippen LogP contribution is 2.48. The first kappa shape index (κ1) is 15.2. The molecule has 1 saturated carbocycles. The summed E-state index contributed by atoms with van der Waals surface area (Å²) >= 11 is 6.29. The van der Waals surface area contributed by atoms with Gasteiger partial charge in [-0.1, -0.05) is 25.4 Å². The molecule has 1 fully saturated rings. The van der Waals surface area contributed by atoms with Crippen LogP contribution in [0.3, 0.4) is 0 Å². The van der Waals surface area contributed by atoms with Crippen molar-refractivity contribution in [3.63, 3.8) is 0 Å². The lowest BCUT2D eigenvalue weighted by Crippen LogP contribution is -2.39. The fourth-order valence-electron chi connectivity index (χ4n) is 3.79. The van der Waals surface area contributed by atoms with E-state index >= 15 is 0 Å². The van der Waals surface area contributed by atoms with E-state index in [2.05, 4.69) is 19.9 Å². The maximum Gasteiger partial charge on any atom is 0.125 e. The van der Waals surface area contributed by atoms with Crippen molar-refractivity contribution in [1.82, 2.24) is 0 Å². The first-order valence-electron chi connectivity index (χ1n) is 8.07. The molecule has 0 saturated heterocycles. The van der Waals surface area contributed by atoms with E-state index in [0.29, 0.717) is 5.41 Å². The molecule has 1 heterocycles. The standard InChI is InChI=1S/C18H26ClNO/c1-17(2)4-6-18(12-20,7-5-17)11-14-10-15(19)9-13-3-8-21-16(13)14/h9-10H,3-8,11-12,20H2,1-2H3. The van der Waals surface area contributed by atoms with Crippen LogP contribution in [0.2, 0.25) is 5.02 Å². The normalized spacial score (nSPS) is 22.7. The van der Waals surface area contributed by atoms with Crippen LogP contribution in [0.1, 0.15) is 50.7 Å². The van der Waals surface area contributed by atoms with E-state index in [-0.39, 0.29) is 5.41 Å². The van der Waals surface area contributed by atoms with E-state index in [4.69, 9.17) is 22.1 Å². The highest BCUT2D eigenvalue weighted by Gasteiger charge is 2.38. The molecule has 1 aliphatic carbocycles. The van der Waals surface area contributed by atoms with Crippen LogP contribution in [0.4, 0.5) is 0 Å². The summed E-state index contributed by atoms with van der Waals surface area (Å²) in [5.74, 6) is 1.08. The highest BCUT2D eigenvalue weighted by molar-refractivity contribution is 6.30. The van der Waals surface area contributed by atoms with E-state index in [1.165, 1.54) is 36.8 Å². The van der Waals surface area contributed by atoms with E-state index in [1.807, 2.05) is 6.07 Å². The summed E-state index contributed by atoms with van der Waals surface area (Å²) in [6, 6.07) is 4.13. The van der Waals surface area contributed by atoms with Crippen LogP contribution in [-0.2, 0) is 12.8 Å². The zero-order valence-corrected chi connectivity index (χ0v) is 13.9. The summed E-state index contributed by atoms with van der Waals surface area (Å²) in [5, 5.41) is 0.831. The molecule has 21 heavy (non-hydrogen) atoms. The quantitative estimate of drug-likeness (QED) is 0.900. The second-order valence-corrected chi connectivity index (χ2v) is 8.13. The summed E-state index contributed by atoms with van der Waals surface area (Å²) in [6.07, 6.45) is 6.91. The number of halogens is 1. The van der Waals surface area contributed by atoms with Gasteiger partial charge >= 0.3 is 0 Å². The van der Waals surface area contributed by atoms with Gasteiger partial charge in [-0.3, -0.25) is 0 Å². The lowest BCUT2D eigenvalue weighted by atomic mass is 9.63. The maximum atomic E-state index is 6.29. The number of rotatable bonds is 3. The Morgan fingerprint density at radius 2 is 1.90 bits per heavy atom. The number of fused-ring (bicyclic) bond motifs is 1. The maximum absolute atomic E-state index is 6.29. The van der Waals surface area contributed by atoms with Crippen molar-refractivity contribution in [3.05, 3.63) is 28.3 Å². The summed E-state index contributed by atoms with van der Waals surface area (Å²) in [6.45, 7) is 6.27. The molecule has 0 bridgehead atoms. The molecule has 2 aliphatic rings. The van der Waals surface area contributed by atoms with Crippen LogP contribution in [0, 0.1) is 10.8 Å². The molecular formula is C18H26ClNO. The van der Waals surface area contributed by atoms with Gasteiger partial charge < -0.3 is 10.5 Å². The number of nitrogens with two attached hydrogens (primary N) is 1. The van der Waals surface area contributed by atoms with Crippen LogP contribution in [-0.4, -0.2) is 13.2 Å². The third-order valence-corrected chi connectivity index (χ3v) is 5.71. The highest BCUT2D eigenvalue weighted by atomic mass is 35.5. The fraction of sp³-hybridized carbons (Fsp3) is 0.667. The van der Waals surface area contributed by atoms with Gasteiger partial charge in [-0.05, 0) is 72.7 Å². The van der Waals surface area contributed by atoms with Crippen LogP contribution >= 0.6 is 11.6 Å². The molecule has 0 spiro atoms. The van der Waals surface area contributed by atoms with E-state index < -0.39 is 0 Å².